The first-order valence-corrected chi connectivity index (χ1v) is 10.5. The van der Waals surface area contributed by atoms with Crippen LogP contribution >= 0.6 is 0 Å². The number of likely N-dealkylation sites (tertiary alicyclic amines) is 1. The van der Waals surface area contributed by atoms with Crippen molar-refractivity contribution in [1.82, 2.24) is 20.0 Å². The Morgan fingerprint density at radius 3 is 2.97 bits per heavy atom. The van der Waals surface area contributed by atoms with Gasteiger partial charge in [-0.1, -0.05) is 5.16 Å². The molecule has 1 atom stereocenters. The van der Waals surface area contributed by atoms with Crippen molar-refractivity contribution in [1.29, 1.82) is 0 Å². The van der Waals surface area contributed by atoms with E-state index in [1.807, 2.05) is 4.90 Å². The fraction of sp³-hybridized carbons (Fsp3) is 0.619. The molecule has 2 aromatic rings. The van der Waals surface area contributed by atoms with Crippen LogP contribution < -0.4 is 0 Å². The Morgan fingerprint density at radius 1 is 1.24 bits per heavy atom. The van der Waals surface area contributed by atoms with Gasteiger partial charge in [-0.2, -0.15) is 4.98 Å². The molecule has 0 radical (unpaired) electrons. The summed E-state index contributed by atoms with van der Waals surface area (Å²) in [4.78, 5) is 23.4. The highest BCUT2D eigenvalue weighted by Crippen LogP contribution is 2.31. The second kappa shape index (κ2) is 9.93. The zero-order valence-corrected chi connectivity index (χ0v) is 16.7. The van der Waals surface area contributed by atoms with E-state index in [0.717, 1.165) is 51.9 Å². The Kier molecular flexibility index (Phi) is 6.84. The van der Waals surface area contributed by atoms with Crippen LogP contribution in [0.15, 0.2) is 29.0 Å². The highest BCUT2D eigenvalue weighted by atomic mass is 16.5. The summed E-state index contributed by atoms with van der Waals surface area (Å²) < 4.78 is 16.7. The molecule has 0 aliphatic carbocycles. The highest BCUT2D eigenvalue weighted by molar-refractivity contribution is 5.94. The van der Waals surface area contributed by atoms with E-state index >= 15 is 0 Å². The topological polar surface area (TPSA) is 90.6 Å². The SMILES string of the molecule is O=C(c1cccnc1)N1CCCCC1c1nc(CCOCC2CCOCC2)no1. The Bertz CT molecular complexity index is 776. The van der Waals surface area contributed by atoms with Crippen molar-refractivity contribution in [3.05, 3.63) is 41.8 Å². The lowest BCUT2D eigenvalue weighted by Gasteiger charge is -2.33. The minimum absolute atomic E-state index is 0.0395. The van der Waals surface area contributed by atoms with Gasteiger partial charge in [-0.05, 0) is 50.2 Å². The number of hydrogen-bond donors (Lipinski definition) is 0. The molecule has 4 rings (SSSR count). The van der Waals surface area contributed by atoms with Crippen molar-refractivity contribution in [2.24, 2.45) is 5.92 Å². The average Bonchev–Trinajstić information content (AvgIpc) is 3.26. The normalized spacial score (nSPS) is 20.7. The molecule has 1 amide bonds. The molecule has 4 heterocycles. The molecular weight excluding hydrogens is 372 g/mol. The summed E-state index contributed by atoms with van der Waals surface area (Å²) >= 11 is 0. The number of carbonyl (C=O) groups is 1. The molecule has 29 heavy (non-hydrogen) atoms. The summed E-state index contributed by atoms with van der Waals surface area (Å²) in [5.74, 6) is 1.69. The van der Waals surface area contributed by atoms with Gasteiger partial charge >= 0.3 is 0 Å². The molecule has 156 valence electrons. The lowest BCUT2D eigenvalue weighted by molar-refractivity contribution is 0.0211. The van der Waals surface area contributed by atoms with E-state index in [0.29, 0.717) is 42.8 Å². The fourth-order valence-corrected chi connectivity index (χ4v) is 3.92. The van der Waals surface area contributed by atoms with Gasteiger partial charge in [-0.15, -0.1) is 0 Å². The van der Waals surface area contributed by atoms with E-state index in [2.05, 4.69) is 15.1 Å². The molecule has 0 saturated carbocycles. The van der Waals surface area contributed by atoms with Crippen LogP contribution in [0.1, 0.15) is 60.2 Å². The molecule has 2 aromatic heterocycles. The van der Waals surface area contributed by atoms with E-state index in [1.165, 1.54) is 0 Å². The molecule has 2 saturated heterocycles. The number of ether oxygens (including phenoxy) is 2. The second-order valence-electron chi connectivity index (χ2n) is 7.68. The van der Waals surface area contributed by atoms with E-state index in [-0.39, 0.29) is 11.9 Å². The quantitative estimate of drug-likeness (QED) is 0.660. The first kappa shape index (κ1) is 20.0. The predicted molar refractivity (Wildman–Crippen MR) is 104 cm³/mol. The Labute approximate surface area is 170 Å². The summed E-state index contributed by atoms with van der Waals surface area (Å²) in [7, 11) is 0. The van der Waals surface area contributed by atoms with Gasteiger partial charge in [0.1, 0.15) is 6.04 Å². The average molecular weight is 400 g/mol. The summed E-state index contributed by atoms with van der Waals surface area (Å²) in [6, 6.07) is 3.38. The summed E-state index contributed by atoms with van der Waals surface area (Å²) in [5.41, 5.74) is 0.584. The van der Waals surface area contributed by atoms with Crippen LogP contribution in [0.4, 0.5) is 0 Å². The van der Waals surface area contributed by atoms with Crippen molar-refractivity contribution in [2.75, 3.05) is 33.0 Å². The molecule has 8 nitrogen and oxygen atoms in total. The standard InChI is InChI=1S/C21H28N4O4/c26-21(17-4-3-9-22-14-17)25-10-2-1-5-18(25)20-23-19(24-29-20)8-13-28-15-16-6-11-27-12-7-16/h3-4,9,14,16,18H,1-2,5-8,10-13,15H2. The molecule has 0 spiro atoms. The third-order valence-electron chi connectivity index (χ3n) is 5.61. The van der Waals surface area contributed by atoms with Crippen LogP contribution in [-0.4, -0.2) is 58.9 Å². The van der Waals surface area contributed by atoms with Crippen LogP contribution in [0, 0.1) is 5.92 Å². The van der Waals surface area contributed by atoms with Gasteiger partial charge in [0, 0.05) is 45.2 Å². The fourth-order valence-electron chi connectivity index (χ4n) is 3.92. The largest absolute Gasteiger partial charge is 0.381 e. The molecular formula is C21H28N4O4. The minimum atomic E-state index is -0.180. The van der Waals surface area contributed by atoms with Gasteiger partial charge in [-0.25, -0.2) is 0 Å². The van der Waals surface area contributed by atoms with Crippen LogP contribution in [0.3, 0.4) is 0 Å². The molecule has 1 unspecified atom stereocenters. The molecule has 2 aliphatic heterocycles. The molecule has 0 bridgehead atoms. The number of nitrogens with zero attached hydrogens (tertiary/aromatic N) is 4. The summed E-state index contributed by atoms with van der Waals surface area (Å²) in [6.45, 7) is 3.67. The van der Waals surface area contributed by atoms with Crippen LogP contribution in [0.25, 0.3) is 0 Å². The van der Waals surface area contributed by atoms with Gasteiger partial charge < -0.3 is 18.9 Å². The third-order valence-corrected chi connectivity index (χ3v) is 5.61. The van der Waals surface area contributed by atoms with Crippen molar-refractivity contribution in [3.63, 3.8) is 0 Å². The molecule has 8 heteroatoms. The van der Waals surface area contributed by atoms with E-state index in [4.69, 9.17) is 14.0 Å². The minimum Gasteiger partial charge on any atom is -0.381 e. The van der Waals surface area contributed by atoms with Gasteiger partial charge in [0.05, 0.1) is 12.2 Å². The third kappa shape index (κ3) is 5.19. The van der Waals surface area contributed by atoms with Crippen molar-refractivity contribution in [2.45, 2.75) is 44.6 Å². The van der Waals surface area contributed by atoms with E-state index in [9.17, 15) is 4.79 Å². The lowest BCUT2D eigenvalue weighted by Crippen LogP contribution is -2.38. The summed E-state index contributed by atoms with van der Waals surface area (Å²) in [6.07, 6.45) is 8.84. The number of carbonyl (C=O) groups excluding carboxylic acids is 1. The maximum Gasteiger partial charge on any atom is 0.256 e. The van der Waals surface area contributed by atoms with E-state index in [1.54, 1.807) is 24.5 Å². The molecule has 0 aromatic carbocycles. The zero-order valence-electron chi connectivity index (χ0n) is 16.7. The number of rotatable bonds is 7. The van der Waals surface area contributed by atoms with Crippen molar-refractivity contribution >= 4 is 5.91 Å². The van der Waals surface area contributed by atoms with Crippen LogP contribution in [0.5, 0.6) is 0 Å². The summed E-state index contributed by atoms with van der Waals surface area (Å²) in [5, 5.41) is 4.11. The van der Waals surface area contributed by atoms with Crippen molar-refractivity contribution in [3.8, 4) is 0 Å². The number of piperidine rings is 1. The zero-order chi connectivity index (χ0) is 19.9. The Morgan fingerprint density at radius 2 is 2.14 bits per heavy atom. The number of aromatic nitrogens is 3. The number of amides is 1. The monoisotopic (exact) mass is 400 g/mol. The van der Waals surface area contributed by atoms with Crippen LogP contribution in [-0.2, 0) is 15.9 Å². The first-order chi connectivity index (χ1) is 14.3. The van der Waals surface area contributed by atoms with E-state index < -0.39 is 0 Å². The highest BCUT2D eigenvalue weighted by Gasteiger charge is 2.32. The maximum atomic E-state index is 12.9. The molecule has 2 aliphatic rings. The number of pyridine rings is 1. The smallest absolute Gasteiger partial charge is 0.256 e. The van der Waals surface area contributed by atoms with Gasteiger partial charge in [-0.3, -0.25) is 9.78 Å². The second-order valence-corrected chi connectivity index (χ2v) is 7.68. The van der Waals surface area contributed by atoms with Crippen LogP contribution in [0.2, 0.25) is 0 Å². The Hall–Kier alpha value is -2.32. The first-order valence-electron chi connectivity index (χ1n) is 10.5. The molecule has 0 N–H and O–H groups in total. The Balaban J connectivity index is 1.32. The predicted octanol–water partition coefficient (Wildman–Crippen LogP) is 2.82. The van der Waals surface area contributed by atoms with Gasteiger partial charge in [0.25, 0.3) is 5.91 Å². The molecule has 2 fully saturated rings. The maximum absolute atomic E-state index is 12.9. The number of hydrogen-bond acceptors (Lipinski definition) is 7. The lowest BCUT2D eigenvalue weighted by atomic mass is 10.0. The van der Waals surface area contributed by atoms with Crippen molar-refractivity contribution < 1.29 is 18.8 Å². The van der Waals surface area contributed by atoms with Gasteiger partial charge in [0.2, 0.25) is 5.89 Å². The van der Waals surface area contributed by atoms with Gasteiger partial charge in [0.15, 0.2) is 5.82 Å².